The van der Waals surface area contributed by atoms with Crippen LogP contribution in [0.4, 0.5) is 4.39 Å². The van der Waals surface area contributed by atoms with Crippen LogP contribution < -0.4 is 4.74 Å². The van der Waals surface area contributed by atoms with Crippen LogP contribution in [0.5, 0.6) is 5.75 Å². The second kappa shape index (κ2) is 8.15. The molecule has 1 atom stereocenters. The summed E-state index contributed by atoms with van der Waals surface area (Å²) >= 11 is 0. The number of nitrogens with zero attached hydrogens (tertiary/aromatic N) is 3. The van der Waals surface area contributed by atoms with E-state index in [0.717, 1.165) is 55.2 Å². The van der Waals surface area contributed by atoms with E-state index in [4.69, 9.17) is 4.74 Å². The van der Waals surface area contributed by atoms with E-state index < -0.39 is 0 Å². The summed E-state index contributed by atoms with van der Waals surface area (Å²) in [7, 11) is 1.71. The smallest absolute Gasteiger partial charge is 0.123 e. The summed E-state index contributed by atoms with van der Waals surface area (Å²) in [6, 6.07) is 13.7. The second-order valence-electron chi connectivity index (χ2n) is 7.43. The number of hydrogen-bond acceptors (Lipinski definition) is 3. The first kappa shape index (κ1) is 18.7. The molecule has 1 aromatic heterocycles. The average molecular weight is 379 g/mol. The molecule has 4 rings (SSSR count). The minimum absolute atomic E-state index is 0.160. The van der Waals surface area contributed by atoms with Gasteiger partial charge in [-0.25, -0.2) is 9.37 Å². The van der Waals surface area contributed by atoms with Crippen molar-refractivity contribution in [3.8, 4) is 5.75 Å². The predicted molar refractivity (Wildman–Crippen MR) is 108 cm³/mol. The van der Waals surface area contributed by atoms with Gasteiger partial charge in [0.25, 0.3) is 0 Å². The Balaban J connectivity index is 1.55. The molecule has 4 nitrogen and oxygen atoms in total. The summed E-state index contributed by atoms with van der Waals surface area (Å²) in [5.74, 6) is 1.71. The van der Waals surface area contributed by atoms with Crippen molar-refractivity contribution >= 4 is 0 Å². The van der Waals surface area contributed by atoms with Crippen LogP contribution >= 0.6 is 0 Å². The average Bonchev–Trinajstić information content (AvgIpc) is 3.31. The second-order valence-corrected chi connectivity index (χ2v) is 7.43. The molecule has 2 heterocycles. The lowest BCUT2D eigenvalue weighted by atomic mass is 10.0. The number of aryl methyl sites for hydroxylation is 1. The lowest BCUT2D eigenvalue weighted by Gasteiger charge is -2.25. The number of halogens is 1. The molecule has 28 heavy (non-hydrogen) atoms. The van der Waals surface area contributed by atoms with Gasteiger partial charge in [0.05, 0.1) is 13.7 Å². The van der Waals surface area contributed by atoms with E-state index >= 15 is 0 Å². The van der Waals surface area contributed by atoms with Gasteiger partial charge in [0.2, 0.25) is 0 Å². The maximum Gasteiger partial charge on any atom is 0.123 e. The monoisotopic (exact) mass is 379 g/mol. The molecule has 0 aliphatic carbocycles. The summed E-state index contributed by atoms with van der Waals surface area (Å²) in [6.45, 7) is 4.62. The van der Waals surface area contributed by atoms with Crippen LogP contribution in [-0.4, -0.2) is 28.1 Å². The molecule has 5 heteroatoms. The van der Waals surface area contributed by atoms with Gasteiger partial charge >= 0.3 is 0 Å². The third-order valence-electron chi connectivity index (χ3n) is 5.59. The molecule has 0 radical (unpaired) electrons. The maximum atomic E-state index is 13.7. The summed E-state index contributed by atoms with van der Waals surface area (Å²) in [5, 5.41) is 0. The van der Waals surface area contributed by atoms with E-state index in [1.807, 2.05) is 31.5 Å². The van der Waals surface area contributed by atoms with Gasteiger partial charge in [0, 0.05) is 30.5 Å². The van der Waals surface area contributed by atoms with E-state index in [1.165, 1.54) is 11.6 Å². The summed E-state index contributed by atoms with van der Waals surface area (Å²) in [6.07, 6.45) is 6.01. The molecule has 1 fully saturated rings. The lowest BCUT2D eigenvalue weighted by molar-refractivity contribution is 0.248. The van der Waals surface area contributed by atoms with Gasteiger partial charge in [0.1, 0.15) is 17.4 Å². The molecule has 0 saturated carbocycles. The number of imidazole rings is 1. The van der Waals surface area contributed by atoms with Crippen LogP contribution in [-0.2, 0) is 13.1 Å². The normalized spacial score (nSPS) is 17.2. The number of likely N-dealkylation sites (tertiary alicyclic amines) is 1. The summed E-state index contributed by atoms with van der Waals surface area (Å²) < 4.78 is 21.4. The van der Waals surface area contributed by atoms with Gasteiger partial charge in [-0.05, 0) is 61.7 Å². The van der Waals surface area contributed by atoms with Crippen LogP contribution in [0.3, 0.4) is 0 Å². The molecule has 0 unspecified atom stereocenters. The third-order valence-corrected chi connectivity index (χ3v) is 5.59. The SMILES string of the molecule is COc1ccc(CN2CCC[C@H]2c2cccc(F)c2)cc1Cn1ccnc1C. The minimum atomic E-state index is -0.160. The van der Waals surface area contributed by atoms with Crippen molar-refractivity contribution in [2.24, 2.45) is 0 Å². The molecule has 3 aromatic rings. The Morgan fingerprint density at radius 3 is 2.82 bits per heavy atom. The van der Waals surface area contributed by atoms with Gasteiger partial charge < -0.3 is 9.30 Å². The number of ether oxygens (including phenoxy) is 1. The first-order valence-corrected chi connectivity index (χ1v) is 9.77. The zero-order chi connectivity index (χ0) is 19.5. The maximum absolute atomic E-state index is 13.7. The fourth-order valence-corrected chi connectivity index (χ4v) is 4.15. The van der Waals surface area contributed by atoms with Crippen LogP contribution in [0.1, 0.15) is 41.4 Å². The Hall–Kier alpha value is -2.66. The van der Waals surface area contributed by atoms with Gasteiger partial charge in [-0.3, -0.25) is 4.90 Å². The number of methoxy groups -OCH3 is 1. The van der Waals surface area contributed by atoms with Crippen LogP contribution in [0.2, 0.25) is 0 Å². The van der Waals surface area contributed by atoms with Crippen molar-refractivity contribution in [3.63, 3.8) is 0 Å². The summed E-state index contributed by atoms with van der Waals surface area (Å²) in [4.78, 5) is 6.76. The molecule has 0 bridgehead atoms. The van der Waals surface area contributed by atoms with Crippen molar-refractivity contribution in [1.82, 2.24) is 14.5 Å². The summed E-state index contributed by atoms with van der Waals surface area (Å²) in [5.41, 5.74) is 3.46. The van der Waals surface area contributed by atoms with Gasteiger partial charge in [-0.1, -0.05) is 18.2 Å². The largest absolute Gasteiger partial charge is 0.496 e. The van der Waals surface area contributed by atoms with E-state index in [1.54, 1.807) is 19.2 Å². The van der Waals surface area contributed by atoms with Crippen LogP contribution in [0, 0.1) is 12.7 Å². The molecule has 1 saturated heterocycles. The van der Waals surface area contributed by atoms with Gasteiger partial charge in [-0.15, -0.1) is 0 Å². The van der Waals surface area contributed by atoms with Crippen molar-refractivity contribution in [1.29, 1.82) is 0 Å². The van der Waals surface area contributed by atoms with Crippen LogP contribution in [0.15, 0.2) is 54.9 Å². The van der Waals surface area contributed by atoms with Crippen molar-refractivity contribution in [3.05, 3.63) is 83.2 Å². The first-order chi connectivity index (χ1) is 13.6. The zero-order valence-electron chi connectivity index (χ0n) is 16.4. The lowest BCUT2D eigenvalue weighted by Crippen LogP contribution is -2.23. The van der Waals surface area contributed by atoms with Gasteiger partial charge in [-0.2, -0.15) is 0 Å². The highest BCUT2D eigenvalue weighted by atomic mass is 19.1. The molecule has 0 amide bonds. The van der Waals surface area contributed by atoms with Crippen molar-refractivity contribution in [2.75, 3.05) is 13.7 Å². The Bertz CT molecular complexity index is 953. The quantitative estimate of drug-likeness (QED) is 0.621. The zero-order valence-corrected chi connectivity index (χ0v) is 16.4. The predicted octanol–water partition coefficient (Wildman–Crippen LogP) is 4.72. The van der Waals surface area contributed by atoms with E-state index in [-0.39, 0.29) is 11.9 Å². The number of rotatable bonds is 6. The molecule has 1 aliphatic rings. The van der Waals surface area contributed by atoms with E-state index in [0.29, 0.717) is 0 Å². The highest BCUT2D eigenvalue weighted by Crippen LogP contribution is 2.34. The number of aromatic nitrogens is 2. The van der Waals surface area contributed by atoms with Crippen molar-refractivity contribution in [2.45, 2.75) is 38.9 Å². The van der Waals surface area contributed by atoms with Crippen molar-refractivity contribution < 1.29 is 9.13 Å². The topological polar surface area (TPSA) is 30.3 Å². The molecule has 0 spiro atoms. The fraction of sp³-hybridized carbons (Fsp3) is 0.348. The Labute approximate surface area is 165 Å². The van der Waals surface area contributed by atoms with Crippen LogP contribution in [0.25, 0.3) is 0 Å². The third kappa shape index (κ3) is 3.94. The number of hydrogen-bond donors (Lipinski definition) is 0. The molecule has 1 aliphatic heterocycles. The first-order valence-electron chi connectivity index (χ1n) is 9.77. The number of benzene rings is 2. The molecule has 2 aromatic carbocycles. The molecule has 146 valence electrons. The fourth-order valence-electron chi connectivity index (χ4n) is 4.15. The highest BCUT2D eigenvalue weighted by molar-refractivity contribution is 5.38. The van der Waals surface area contributed by atoms with Gasteiger partial charge in [0.15, 0.2) is 0 Å². The Morgan fingerprint density at radius 1 is 1.18 bits per heavy atom. The molecule has 0 N–H and O–H groups in total. The van der Waals surface area contributed by atoms with E-state index in [9.17, 15) is 4.39 Å². The standard InChI is InChI=1S/C23H26FN3O/c1-17-25-10-12-26(17)16-20-13-18(8-9-23(20)28-2)15-27-11-4-7-22(27)19-5-3-6-21(24)14-19/h3,5-6,8-10,12-14,22H,4,7,11,15-16H2,1-2H3/t22-/m0/s1. The Morgan fingerprint density at radius 2 is 2.07 bits per heavy atom. The Kier molecular flexibility index (Phi) is 5.44. The highest BCUT2D eigenvalue weighted by Gasteiger charge is 2.26. The molecular formula is C23H26FN3O. The minimum Gasteiger partial charge on any atom is -0.496 e. The molecular weight excluding hydrogens is 353 g/mol. The van der Waals surface area contributed by atoms with E-state index in [2.05, 4.69) is 26.6 Å².